The molecule has 0 heterocycles. The summed E-state index contributed by atoms with van der Waals surface area (Å²) in [6, 6.07) is -0.640. The summed E-state index contributed by atoms with van der Waals surface area (Å²) in [5, 5.41) is 11.0. The lowest BCUT2D eigenvalue weighted by molar-refractivity contribution is -0.146. The fourth-order valence-electron chi connectivity index (χ4n) is 0.640. The predicted octanol–water partition coefficient (Wildman–Crippen LogP) is -0.297. The van der Waals surface area contributed by atoms with Crippen molar-refractivity contribution in [1.82, 2.24) is 5.32 Å². The molecule has 1 amide bonds. The highest BCUT2D eigenvalue weighted by Gasteiger charge is 2.30. The molecule has 0 unspecified atom stereocenters. The second kappa shape index (κ2) is 4.23. The summed E-state index contributed by atoms with van der Waals surface area (Å²) in [5.41, 5.74) is 4.16. The standard InChI is InChI=1S/C8H16N2O3/c1-4-5(9)6(11)10-8(2,3)7(12)13/h5H,4,9H2,1-3H3,(H,10,11)(H,12,13)/t5-/m1/s1. The number of hydrogen-bond donors (Lipinski definition) is 3. The van der Waals surface area contributed by atoms with Gasteiger partial charge in [-0.2, -0.15) is 0 Å². The zero-order valence-electron chi connectivity index (χ0n) is 8.13. The molecule has 0 aliphatic rings. The van der Waals surface area contributed by atoms with E-state index in [-0.39, 0.29) is 0 Å². The summed E-state index contributed by atoms with van der Waals surface area (Å²) < 4.78 is 0. The van der Waals surface area contributed by atoms with Gasteiger partial charge in [0.15, 0.2) is 0 Å². The summed E-state index contributed by atoms with van der Waals surface area (Å²) in [6.45, 7) is 4.59. The minimum absolute atomic E-state index is 0.435. The van der Waals surface area contributed by atoms with E-state index in [4.69, 9.17) is 10.8 Å². The number of aliphatic carboxylic acids is 1. The van der Waals surface area contributed by atoms with Gasteiger partial charge < -0.3 is 16.2 Å². The topological polar surface area (TPSA) is 92.4 Å². The third kappa shape index (κ3) is 3.42. The fourth-order valence-corrected chi connectivity index (χ4v) is 0.640. The smallest absolute Gasteiger partial charge is 0.328 e. The number of hydrogen-bond acceptors (Lipinski definition) is 3. The second-order valence-electron chi connectivity index (χ2n) is 3.43. The Kier molecular flexibility index (Phi) is 3.87. The van der Waals surface area contributed by atoms with Gasteiger partial charge in [-0.1, -0.05) is 6.92 Å². The maximum absolute atomic E-state index is 11.2. The Morgan fingerprint density at radius 3 is 2.31 bits per heavy atom. The van der Waals surface area contributed by atoms with Crippen LogP contribution in [0.25, 0.3) is 0 Å². The fraction of sp³-hybridized carbons (Fsp3) is 0.750. The van der Waals surface area contributed by atoms with Crippen molar-refractivity contribution in [2.24, 2.45) is 5.73 Å². The van der Waals surface area contributed by atoms with E-state index in [0.29, 0.717) is 6.42 Å². The normalized spacial score (nSPS) is 13.5. The lowest BCUT2D eigenvalue weighted by Crippen LogP contribution is -2.54. The van der Waals surface area contributed by atoms with Crippen molar-refractivity contribution in [3.05, 3.63) is 0 Å². The zero-order valence-corrected chi connectivity index (χ0v) is 8.13. The minimum atomic E-state index is -1.26. The molecule has 0 radical (unpaired) electrons. The molecular weight excluding hydrogens is 172 g/mol. The van der Waals surface area contributed by atoms with Crippen LogP contribution in [0.3, 0.4) is 0 Å². The highest BCUT2D eigenvalue weighted by Crippen LogP contribution is 2.02. The summed E-state index contributed by atoms with van der Waals surface area (Å²) in [5.74, 6) is -1.51. The van der Waals surface area contributed by atoms with E-state index in [1.807, 2.05) is 0 Å². The predicted molar refractivity (Wildman–Crippen MR) is 48.1 cm³/mol. The van der Waals surface area contributed by atoms with Gasteiger partial charge in [-0.3, -0.25) is 4.79 Å². The Hall–Kier alpha value is -1.10. The molecule has 0 spiro atoms. The SMILES string of the molecule is CC[C@@H](N)C(=O)NC(C)(C)C(=O)O. The molecule has 0 aliphatic heterocycles. The third-order valence-corrected chi connectivity index (χ3v) is 1.75. The molecule has 0 aliphatic carbocycles. The molecule has 0 aromatic heterocycles. The van der Waals surface area contributed by atoms with Gasteiger partial charge in [0.25, 0.3) is 0 Å². The molecule has 0 bridgehead atoms. The van der Waals surface area contributed by atoms with Gasteiger partial charge in [0, 0.05) is 0 Å². The summed E-state index contributed by atoms with van der Waals surface area (Å²) in [6.07, 6.45) is 0.488. The second-order valence-corrected chi connectivity index (χ2v) is 3.43. The van der Waals surface area contributed by atoms with Crippen LogP contribution in [0, 0.1) is 0 Å². The van der Waals surface area contributed by atoms with E-state index >= 15 is 0 Å². The number of carboxylic acid groups (broad SMARTS) is 1. The average molecular weight is 188 g/mol. The molecule has 0 aromatic rings. The summed E-state index contributed by atoms with van der Waals surface area (Å²) >= 11 is 0. The lowest BCUT2D eigenvalue weighted by Gasteiger charge is -2.22. The van der Waals surface area contributed by atoms with Crippen LogP contribution in [0.15, 0.2) is 0 Å². The quantitative estimate of drug-likeness (QED) is 0.565. The first kappa shape index (κ1) is 11.9. The molecule has 0 rings (SSSR count). The van der Waals surface area contributed by atoms with Crippen LogP contribution in [0.4, 0.5) is 0 Å². The minimum Gasteiger partial charge on any atom is -0.480 e. The Balaban J connectivity index is 4.28. The van der Waals surface area contributed by atoms with Gasteiger partial charge >= 0.3 is 5.97 Å². The van der Waals surface area contributed by atoms with Gasteiger partial charge in [-0.15, -0.1) is 0 Å². The number of carbonyl (C=O) groups is 2. The van der Waals surface area contributed by atoms with Crippen LogP contribution in [-0.2, 0) is 9.59 Å². The van der Waals surface area contributed by atoms with Crippen molar-refractivity contribution in [2.75, 3.05) is 0 Å². The monoisotopic (exact) mass is 188 g/mol. The first-order valence-corrected chi connectivity index (χ1v) is 4.12. The largest absolute Gasteiger partial charge is 0.480 e. The van der Waals surface area contributed by atoms with Gasteiger partial charge in [-0.25, -0.2) is 4.79 Å². The molecule has 5 heteroatoms. The molecule has 0 saturated heterocycles. The van der Waals surface area contributed by atoms with E-state index < -0.39 is 23.5 Å². The van der Waals surface area contributed by atoms with E-state index in [1.165, 1.54) is 13.8 Å². The Morgan fingerprint density at radius 1 is 1.54 bits per heavy atom. The molecule has 0 saturated carbocycles. The van der Waals surface area contributed by atoms with E-state index in [0.717, 1.165) is 0 Å². The van der Waals surface area contributed by atoms with Gasteiger partial charge in [0.05, 0.1) is 6.04 Å². The van der Waals surface area contributed by atoms with Crippen molar-refractivity contribution < 1.29 is 14.7 Å². The molecular formula is C8H16N2O3. The molecule has 4 N–H and O–H groups in total. The van der Waals surface area contributed by atoms with Gasteiger partial charge in [-0.05, 0) is 20.3 Å². The first-order chi connectivity index (χ1) is 5.81. The highest BCUT2D eigenvalue weighted by atomic mass is 16.4. The molecule has 76 valence electrons. The number of carboxylic acids is 1. The number of amides is 1. The Bertz CT molecular complexity index is 213. The van der Waals surface area contributed by atoms with Crippen molar-refractivity contribution in [2.45, 2.75) is 38.8 Å². The highest BCUT2D eigenvalue weighted by molar-refractivity contribution is 5.88. The first-order valence-electron chi connectivity index (χ1n) is 4.12. The maximum Gasteiger partial charge on any atom is 0.328 e. The molecule has 0 aromatic carbocycles. The van der Waals surface area contributed by atoms with E-state index in [9.17, 15) is 9.59 Å². The van der Waals surface area contributed by atoms with Crippen LogP contribution in [0.5, 0.6) is 0 Å². The molecule has 13 heavy (non-hydrogen) atoms. The molecule has 1 atom stereocenters. The number of rotatable bonds is 4. The average Bonchev–Trinajstić information content (AvgIpc) is 2.01. The Morgan fingerprint density at radius 2 is 2.00 bits per heavy atom. The molecule has 5 nitrogen and oxygen atoms in total. The van der Waals surface area contributed by atoms with E-state index in [1.54, 1.807) is 6.92 Å². The van der Waals surface area contributed by atoms with Crippen molar-refractivity contribution >= 4 is 11.9 Å². The van der Waals surface area contributed by atoms with Crippen molar-refractivity contribution in [3.8, 4) is 0 Å². The van der Waals surface area contributed by atoms with Crippen molar-refractivity contribution in [3.63, 3.8) is 0 Å². The van der Waals surface area contributed by atoms with Crippen molar-refractivity contribution in [1.29, 1.82) is 0 Å². The van der Waals surface area contributed by atoms with Crippen LogP contribution < -0.4 is 11.1 Å². The van der Waals surface area contributed by atoms with Crippen LogP contribution in [0.1, 0.15) is 27.2 Å². The van der Waals surface area contributed by atoms with Crippen LogP contribution in [-0.4, -0.2) is 28.6 Å². The number of nitrogens with two attached hydrogens (primary N) is 1. The number of carbonyl (C=O) groups excluding carboxylic acids is 1. The zero-order chi connectivity index (χ0) is 10.6. The Labute approximate surface area is 77.3 Å². The maximum atomic E-state index is 11.2. The third-order valence-electron chi connectivity index (χ3n) is 1.75. The van der Waals surface area contributed by atoms with Crippen LogP contribution >= 0.6 is 0 Å². The van der Waals surface area contributed by atoms with E-state index in [2.05, 4.69) is 5.32 Å². The molecule has 0 fully saturated rings. The lowest BCUT2D eigenvalue weighted by atomic mass is 10.1. The van der Waals surface area contributed by atoms with Crippen LogP contribution in [0.2, 0.25) is 0 Å². The summed E-state index contributed by atoms with van der Waals surface area (Å²) in [7, 11) is 0. The van der Waals surface area contributed by atoms with Gasteiger partial charge in [0.2, 0.25) is 5.91 Å². The summed E-state index contributed by atoms with van der Waals surface area (Å²) in [4.78, 5) is 21.8. The van der Waals surface area contributed by atoms with Gasteiger partial charge in [0.1, 0.15) is 5.54 Å². The number of nitrogens with one attached hydrogen (secondary N) is 1.